The van der Waals surface area contributed by atoms with E-state index in [1.165, 1.54) is 0 Å². The summed E-state index contributed by atoms with van der Waals surface area (Å²) in [6.07, 6.45) is 3.51. The number of hydrogen-bond donors (Lipinski definition) is 1. The van der Waals surface area contributed by atoms with Gasteiger partial charge in [0.2, 0.25) is 0 Å². The summed E-state index contributed by atoms with van der Waals surface area (Å²) in [5.74, 6) is 5.30. The third kappa shape index (κ3) is 16.7. The van der Waals surface area contributed by atoms with Crippen molar-refractivity contribution in [3.05, 3.63) is 0 Å². The van der Waals surface area contributed by atoms with Crippen LogP contribution in [0.2, 0.25) is 0 Å². The van der Waals surface area contributed by atoms with E-state index in [0.717, 1.165) is 42.3 Å². The first kappa shape index (κ1) is 35.3. The van der Waals surface area contributed by atoms with Crippen LogP contribution in [-0.2, 0) is 19.1 Å². The van der Waals surface area contributed by atoms with Crippen LogP contribution in [0.4, 0.5) is 0 Å². The Morgan fingerprint density at radius 2 is 1.17 bits per heavy atom. The first-order valence-corrected chi connectivity index (χ1v) is 18.1. The number of rotatable bonds is 13. The van der Waals surface area contributed by atoms with Crippen molar-refractivity contribution in [2.45, 2.75) is 80.6 Å². The Hall–Kier alpha value is 0.300. The van der Waals surface area contributed by atoms with Crippen LogP contribution in [0.5, 0.6) is 0 Å². The van der Waals surface area contributed by atoms with Crippen molar-refractivity contribution >= 4 is 55.1 Å². The van der Waals surface area contributed by atoms with Crippen LogP contribution in [0.15, 0.2) is 0 Å². The van der Waals surface area contributed by atoms with Gasteiger partial charge in [0.25, 0.3) is 0 Å². The molecular formula is C26H51NO4S4. The largest absolute Gasteiger partial charge is 0.465 e. The Morgan fingerprint density at radius 3 is 1.54 bits per heavy atom. The van der Waals surface area contributed by atoms with Gasteiger partial charge < -0.3 is 14.8 Å². The fraction of sp³-hybridized carbons (Fsp3) is 0.923. The van der Waals surface area contributed by atoms with Gasteiger partial charge in [0, 0.05) is 41.4 Å². The highest BCUT2D eigenvalue weighted by atomic mass is 33.1. The average molecular weight is 570 g/mol. The van der Waals surface area contributed by atoms with Crippen LogP contribution in [0, 0.1) is 22.7 Å². The van der Waals surface area contributed by atoms with E-state index in [1.54, 1.807) is 0 Å². The molecule has 9 heteroatoms. The van der Waals surface area contributed by atoms with E-state index in [1.807, 2.05) is 77.9 Å². The summed E-state index contributed by atoms with van der Waals surface area (Å²) < 4.78 is 11.6. The maximum absolute atomic E-state index is 12.5. The van der Waals surface area contributed by atoms with Gasteiger partial charge in [-0.2, -0.15) is 0 Å². The average Bonchev–Trinajstić information content (AvgIpc) is 3.55. The van der Waals surface area contributed by atoms with E-state index in [4.69, 9.17) is 9.47 Å². The van der Waals surface area contributed by atoms with Crippen LogP contribution in [0.1, 0.15) is 80.6 Å². The van der Waals surface area contributed by atoms with Crippen molar-refractivity contribution in [1.29, 1.82) is 0 Å². The van der Waals surface area contributed by atoms with E-state index < -0.39 is 0 Å². The molecule has 1 N–H and O–H groups in total. The number of ether oxygens (including phenoxy) is 2. The molecule has 2 fully saturated rings. The Morgan fingerprint density at radius 1 is 0.771 bits per heavy atom. The Kier molecular flexibility index (Phi) is 20.5. The van der Waals surface area contributed by atoms with Crippen molar-refractivity contribution in [1.82, 2.24) is 5.32 Å². The molecule has 2 saturated heterocycles. The van der Waals surface area contributed by atoms with Crippen molar-refractivity contribution in [3.63, 3.8) is 0 Å². The Bertz CT molecular complexity index is 542. The molecule has 0 radical (unpaired) electrons. The molecule has 0 aromatic heterocycles. The molecule has 0 spiro atoms. The first-order valence-electron chi connectivity index (χ1n) is 13.2. The minimum atomic E-state index is -0.293. The lowest BCUT2D eigenvalue weighted by Gasteiger charge is -2.36. The van der Waals surface area contributed by atoms with Crippen LogP contribution in [0.3, 0.4) is 0 Å². The topological polar surface area (TPSA) is 64.6 Å². The number of carbonyl (C=O) groups is 2. The SMILES string of the molecule is CC.CC.CNCCC(=O)OCC(COC(=O)CCC(C)(C)C)(CC1CSSC1)CC1CSSC1. The number of carbonyl (C=O) groups excluding carboxylic acids is 2. The quantitative estimate of drug-likeness (QED) is 0.181. The summed E-state index contributed by atoms with van der Waals surface area (Å²) in [5, 5.41) is 3.00. The summed E-state index contributed by atoms with van der Waals surface area (Å²) in [4.78, 5) is 24.8. The first-order chi connectivity index (χ1) is 16.7. The van der Waals surface area contributed by atoms with Gasteiger partial charge in [0.1, 0.15) is 13.2 Å². The molecule has 2 aliphatic rings. The molecule has 208 valence electrons. The minimum Gasteiger partial charge on any atom is -0.465 e. The molecule has 0 bridgehead atoms. The molecule has 35 heavy (non-hydrogen) atoms. The van der Waals surface area contributed by atoms with Gasteiger partial charge >= 0.3 is 11.9 Å². The molecule has 2 aliphatic heterocycles. The highest BCUT2D eigenvalue weighted by Gasteiger charge is 2.40. The minimum absolute atomic E-state index is 0.107. The lowest BCUT2D eigenvalue weighted by Crippen LogP contribution is -2.39. The predicted molar refractivity (Wildman–Crippen MR) is 160 cm³/mol. The molecular weight excluding hydrogens is 519 g/mol. The van der Waals surface area contributed by atoms with E-state index >= 15 is 0 Å². The van der Waals surface area contributed by atoms with Crippen LogP contribution < -0.4 is 5.32 Å². The van der Waals surface area contributed by atoms with Gasteiger partial charge in [-0.25, -0.2) is 0 Å². The lowest BCUT2D eigenvalue weighted by atomic mass is 9.75. The third-order valence-corrected chi connectivity index (χ3v) is 11.0. The third-order valence-electron chi connectivity index (χ3n) is 5.56. The summed E-state index contributed by atoms with van der Waals surface area (Å²) in [5.41, 5.74) is -0.186. The Labute approximate surface area is 231 Å². The van der Waals surface area contributed by atoms with Crippen LogP contribution in [-0.4, -0.2) is 61.8 Å². The lowest BCUT2D eigenvalue weighted by molar-refractivity contribution is -0.156. The van der Waals surface area contributed by atoms with Crippen molar-refractivity contribution < 1.29 is 19.1 Å². The molecule has 0 atom stereocenters. The summed E-state index contributed by atoms with van der Waals surface area (Å²) in [6, 6.07) is 0. The number of nitrogens with one attached hydrogen (secondary N) is 1. The number of esters is 2. The molecule has 0 saturated carbocycles. The van der Waals surface area contributed by atoms with Gasteiger partial charge in [0.15, 0.2) is 0 Å². The highest BCUT2D eigenvalue weighted by molar-refractivity contribution is 8.77. The molecule has 0 aromatic rings. The zero-order valence-electron chi connectivity index (χ0n) is 23.4. The standard InChI is InChI=1S/C22H39NO4S4.2C2H6/c1-21(2,3)7-5-19(24)26-15-22(9-17-11-28-29-12-17,10-18-13-30-31-14-18)16-27-20(25)6-8-23-4;2*1-2/h17-18,23H,5-16H2,1-4H3;2*1-2H3. The van der Waals surface area contributed by atoms with E-state index in [2.05, 4.69) is 26.1 Å². The van der Waals surface area contributed by atoms with Gasteiger partial charge in [-0.15, -0.1) is 0 Å². The van der Waals surface area contributed by atoms with Crippen LogP contribution >= 0.6 is 43.2 Å². The smallest absolute Gasteiger partial charge is 0.307 e. The molecule has 0 unspecified atom stereocenters. The van der Waals surface area contributed by atoms with Crippen molar-refractivity contribution in [2.75, 3.05) is 49.8 Å². The molecule has 2 rings (SSSR count). The highest BCUT2D eigenvalue weighted by Crippen LogP contribution is 2.46. The van der Waals surface area contributed by atoms with Gasteiger partial charge in [0.05, 0.1) is 6.42 Å². The van der Waals surface area contributed by atoms with E-state index in [-0.39, 0.29) is 22.8 Å². The van der Waals surface area contributed by atoms with Crippen LogP contribution in [0.25, 0.3) is 0 Å². The maximum Gasteiger partial charge on any atom is 0.307 e. The summed E-state index contributed by atoms with van der Waals surface area (Å²) in [7, 11) is 9.52. The fourth-order valence-corrected chi connectivity index (χ4v) is 9.67. The molecule has 2 heterocycles. The van der Waals surface area contributed by atoms with E-state index in [0.29, 0.717) is 44.4 Å². The normalized spacial score (nSPS) is 16.7. The predicted octanol–water partition coefficient (Wildman–Crippen LogP) is 7.35. The van der Waals surface area contributed by atoms with Crippen molar-refractivity contribution in [3.8, 4) is 0 Å². The zero-order chi connectivity index (χ0) is 26.7. The second kappa shape index (κ2) is 20.3. The van der Waals surface area contributed by atoms with Crippen molar-refractivity contribution in [2.24, 2.45) is 22.7 Å². The summed E-state index contributed by atoms with van der Waals surface area (Å²) >= 11 is 0. The molecule has 5 nitrogen and oxygen atoms in total. The fourth-order valence-electron chi connectivity index (χ4n) is 3.81. The maximum atomic E-state index is 12.5. The summed E-state index contributed by atoms with van der Waals surface area (Å²) in [6.45, 7) is 15.7. The molecule has 0 aliphatic carbocycles. The second-order valence-corrected chi connectivity index (χ2v) is 15.1. The molecule has 0 aromatic carbocycles. The van der Waals surface area contributed by atoms with Gasteiger partial charge in [-0.05, 0) is 43.6 Å². The van der Waals surface area contributed by atoms with Gasteiger partial charge in [-0.3, -0.25) is 9.59 Å². The van der Waals surface area contributed by atoms with E-state index in [9.17, 15) is 9.59 Å². The van der Waals surface area contributed by atoms with Gasteiger partial charge in [-0.1, -0.05) is 91.6 Å². The zero-order valence-corrected chi connectivity index (χ0v) is 26.7. The monoisotopic (exact) mass is 569 g/mol. The Balaban J connectivity index is 0.00000274. The second-order valence-electron chi connectivity index (χ2n) is 10.0. The molecule has 0 amide bonds. The number of hydrogen-bond acceptors (Lipinski definition) is 9.